The molecular formula is C22H21ClN2O5. The van der Waals surface area contributed by atoms with Crippen LogP contribution in [-0.2, 0) is 9.59 Å². The van der Waals surface area contributed by atoms with Gasteiger partial charge in [0.15, 0.2) is 11.5 Å². The Hall–Kier alpha value is -3.03. The van der Waals surface area contributed by atoms with Crippen LogP contribution in [0.2, 0.25) is 5.02 Å². The van der Waals surface area contributed by atoms with Gasteiger partial charge < -0.3 is 24.4 Å². The normalized spacial score (nSPS) is 19.7. The van der Waals surface area contributed by atoms with E-state index in [4.69, 9.17) is 21.1 Å². The molecule has 0 spiro atoms. The minimum absolute atomic E-state index is 0.0416. The molecule has 8 heteroatoms. The van der Waals surface area contributed by atoms with E-state index in [0.29, 0.717) is 40.7 Å². The Bertz CT molecular complexity index is 1030. The van der Waals surface area contributed by atoms with Crippen molar-refractivity contribution in [3.05, 3.63) is 64.2 Å². The molecule has 1 amide bonds. The SMILES string of the molecule is CN(C)CCN1C(=O)C(=O)C(=C(O)c2ccc3c(c2)OCO3)[C@H]1c1ccc(Cl)cc1. The fourth-order valence-electron chi connectivity index (χ4n) is 3.61. The van der Waals surface area contributed by atoms with E-state index in [-0.39, 0.29) is 18.1 Å². The van der Waals surface area contributed by atoms with E-state index in [1.165, 1.54) is 4.90 Å². The Morgan fingerprint density at radius 3 is 2.53 bits per heavy atom. The molecular weight excluding hydrogens is 408 g/mol. The average molecular weight is 429 g/mol. The van der Waals surface area contributed by atoms with Crippen LogP contribution < -0.4 is 9.47 Å². The van der Waals surface area contributed by atoms with Gasteiger partial charge in [0.2, 0.25) is 6.79 Å². The van der Waals surface area contributed by atoms with Crippen LogP contribution in [0, 0.1) is 0 Å². The number of aliphatic hydroxyl groups is 1. The van der Waals surface area contributed by atoms with Crippen molar-refractivity contribution in [2.24, 2.45) is 0 Å². The number of benzene rings is 2. The molecule has 4 rings (SSSR count). The van der Waals surface area contributed by atoms with E-state index in [2.05, 4.69) is 0 Å². The van der Waals surface area contributed by atoms with E-state index in [9.17, 15) is 14.7 Å². The van der Waals surface area contributed by atoms with Crippen LogP contribution >= 0.6 is 11.6 Å². The molecule has 0 aliphatic carbocycles. The molecule has 156 valence electrons. The zero-order valence-corrected chi connectivity index (χ0v) is 17.3. The highest BCUT2D eigenvalue weighted by Gasteiger charge is 2.46. The number of hydrogen-bond acceptors (Lipinski definition) is 6. The number of ether oxygens (including phenoxy) is 2. The first-order chi connectivity index (χ1) is 14.4. The monoisotopic (exact) mass is 428 g/mol. The lowest BCUT2D eigenvalue weighted by atomic mass is 9.95. The molecule has 0 radical (unpaired) electrons. The number of carbonyl (C=O) groups excluding carboxylic acids is 2. The van der Waals surface area contributed by atoms with E-state index < -0.39 is 17.7 Å². The summed E-state index contributed by atoms with van der Waals surface area (Å²) >= 11 is 6.02. The molecule has 1 N–H and O–H groups in total. The lowest BCUT2D eigenvalue weighted by Crippen LogP contribution is -2.35. The minimum atomic E-state index is -0.719. The lowest BCUT2D eigenvalue weighted by Gasteiger charge is -2.26. The van der Waals surface area contributed by atoms with Gasteiger partial charge in [0, 0.05) is 23.7 Å². The van der Waals surface area contributed by atoms with Gasteiger partial charge in [0.25, 0.3) is 11.7 Å². The van der Waals surface area contributed by atoms with Crippen LogP contribution in [0.1, 0.15) is 17.2 Å². The number of likely N-dealkylation sites (N-methyl/N-ethyl adjacent to an activating group) is 1. The second kappa shape index (κ2) is 8.01. The number of aliphatic hydroxyl groups excluding tert-OH is 1. The molecule has 0 saturated carbocycles. The van der Waals surface area contributed by atoms with Crippen molar-refractivity contribution in [3.8, 4) is 11.5 Å². The number of carbonyl (C=O) groups is 2. The number of nitrogens with zero attached hydrogens (tertiary/aromatic N) is 2. The number of halogens is 1. The van der Waals surface area contributed by atoms with Crippen LogP contribution in [-0.4, -0.2) is 60.6 Å². The number of amides is 1. The maximum Gasteiger partial charge on any atom is 0.295 e. The molecule has 0 unspecified atom stereocenters. The standard InChI is InChI=1S/C22H21ClN2O5/c1-24(2)9-10-25-19(13-3-6-15(23)7-4-13)18(21(27)22(25)28)20(26)14-5-8-16-17(11-14)30-12-29-16/h3-8,11,19,26H,9-10,12H2,1-2H3/t19-/m1/s1. The number of likely N-dealkylation sites (tertiary alicyclic amines) is 1. The van der Waals surface area contributed by atoms with Crippen LogP contribution in [0.15, 0.2) is 48.0 Å². The van der Waals surface area contributed by atoms with Gasteiger partial charge in [-0.05, 0) is 50.0 Å². The quantitative estimate of drug-likeness (QED) is 0.448. The van der Waals surface area contributed by atoms with Crippen molar-refractivity contribution in [1.29, 1.82) is 0 Å². The van der Waals surface area contributed by atoms with E-state index in [1.54, 1.807) is 42.5 Å². The summed E-state index contributed by atoms with van der Waals surface area (Å²) in [4.78, 5) is 29.2. The Morgan fingerprint density at radius 2 is 1.83 bits per heavy atom. The van der Waals surface area contributed by atoms with Crippen molar-refractivity contribution in [2.45, 2.75) is 6.04 Å². The summed E-state index contributed by atoms with van der Waals surface area (Å²) in [6, 6.07) is 11.1. The third-order valence-corrected chi connectivity index (χ3v) is 5.41. The summed E-state index contributed by atoms with van der Waals surface area (Å²) in [6.07, 6.45) is 0. The van der Waals surface area contributed by atoms with Gasteiger partial charge in [0.1, 0.15) is 5.76 Å². The first kappa shape index (κ1) is 20.3. The van der Waals surface area contributed by atoms with Crippen LogP contribution in [0.4, 0.5) is 0 Å². The number of ketones is 1. The summed E-state index contributed by atoms with van der Waals surface area (Å²) in [5.74, 6) is -0.571. The molecule has 0 aromatic heterocycles. The lowest BCUT2D eigenvalue weighted by molar-refractivity contribution is -0.140. The number of Topliss-reactive ketones (excluding diaryl/α,β-unsaturated/α-hetero) is 1. The Morgan fingerprint density at radius 1 is 1.13 bits per heavy atom. The molecule has 1 atom stereocenters. The fraction of sp³-hybridized carbons (Fsp3) is 0.273. The first-order valence-corrected chi connectivity index (χ1v) is 9.83. The number of rotatable bonds is 5. The third kappa shape index (κ3) is 3.62. The van der Waals surface area contributed by atoms with Gasteiger partial charge >= 0.3 is 0 Å². The van der Waals surface area contributed by atoms with E-state index >= 15 is 0 Å². The summed E-state index contributed by atoms with van der Waals surface area (Å²) in [5.41, 5.74) is 1.11. The van der Waals surface area contributed by atoms with Crippen molar-refractivity contribution in [2.75, 3.05) is 34.0 Å². The van der Waals surface area contributed by atoms with Crippen LogP contribution in [0.25, 0.3) is 5.76 Å². The van der Waals surface area contributed by atoms with E-state index in [0.717, 1.165) is 0 Å². The summed E-state index contributed by atoms with van der Waals surface area (Å²) in [7, 11) is 3.78. The summed E-state index contributed by atoms with van der Waals surface area (Å²) < 4.78 is 10.7. The highest BCUT2D eigenvalue weighted by Crippen LogP contribution is 2.41. The van der Waals surface area contributed by atoms with Crippen molar-refractivity contribution in [1.82, 2.24) is 9.80 Å². The van der Waals surface area contributed by atoms with Crippen molar-refractivity contribution < 1.29 is 24.2 Å². The Balaban J connectivity index is 1.82. The molecule has 0 bridgehead atoms. The summed E-state index contributed by atoms with van der Waals surface area (Å²) in [5, 5.41) is 11.6. The first-order valence-electron chi connectivity index (χ1n) is 9.45. The smallest absolute Gasteiger partial charge is 0.295 e. The zero-order chi connectivity index (χ0) is 21.4. The highest BCUT2D eigenvalue weighted by atomic mass is 35.5. The highest BCUT2D eigenvalue weighted by molar-refractivity contribution is 6.46. The number of fused-ring (bicyclic) bond motifs is 1. The maximum atomic E-state index is 13.0. The second-order valence-corrected chi connectivity index (χ2v) is 7.85. The molecule has 30 heavy (non-hydrogen) atoms. The van der Waals surface area contributed by atoms with Crippen LogP contribution in [0.3, 0.4) is 0 Å². The predicted octanol–water partition coefficient (Wildman–Crippen LogP) is 3.05. The molecule has 2 aliphatic rings. The molecule has 2 aliphatic heterocycles. The van der Waals surface area contributed by atoms with Crippen molar-refractivity contribution in [3.63, 3.8) is 0 Å². The van der Waals surface area contributed by atoms with Gasteiger partial charge in [-0.3, -0.25) is 9.59 Å². The topological polar surface area (TPSA) is 79.3 Å². The molecule has 1 fully saturated rings. The maximum absolute atomic E-state index is 13.0. The zero-order valence-electron chi connectivity index (χ0n) is 16.6. The van der Waals surface area contributed by atoms with Gasteiger partial charge in [-0.1, -0.05) is 23.7 Å². The summed E-state index contributed by atoms with van der Waals surface area (Å²) in [6.45, 7) is 1.00. The average Bonchev–Trinajstić information content (AvgIpc) is 3.29. The Labute approximate surface area is 179 Å². The fourth-order valence-corrected chi connectivity index (χ4v) is 3.74. The van der Waals surface area contributed by atoms with Gasteiger partial charge in [-0.15, -0.1) is 0 Å². The second-order valence-electron chi connectivity index (χ2n) is 7.42. The minimum Gasteiger partial charge on any atom is -0.507 e. The number of hydrogen-bond donors (Lipinski definition) is 1. The molecule has 7 nitrogen and oxygen atoms in total. The predicted molar refractivity (Wildman–Crippen MR) is 112 cm³/mol. The third-order valence-electron chi connectivity index (χ3n) is 5.16. The molecule has 1 saturated heterocycles. The van der Waals surface area contributed by atoms with Gasteiger partial charge in [-0.2, -0.15) is 0 Å². The Kier molecular flexibility index (Phi) is 5.40. The van der Waals surface area contributed by atoms with E-state index in [1.807, 2.05) is 19.0 Å². The van der Waals surface area contributed by atoms with Gasteiger partial charge in [-0.25, -0.2) is 0 Å². The molecule has 2 heterocycles. The van der Waals surface area contributed by atoms with Crippen molar-refractivity contribution >= 4 is 29.1 Å². The molecule has 2 aromatic rings. The molecule has 2 aromatic carbocycles. The van der Waals surface area contributed by atoms with Gasteiger partial charge in [0.05, 0.1) is 11.6 Å². The largest absolute Gasteiger partial charge is 0.507 e. The van der Waals surface area contributed by atoms with Crippen LogP contribution in [0.5, 0.6) is 11.5 Å².